The Morgan fingerprint density at radius 3 is 1.65 bits per heavy atom. The van der Waals surface area contributed by atoms with Gasteiger partial charge in [0, 0.05) is 22.1 Å². The third-order valence-electron chi connectivity index (χ3n) is 5.95. The van der Waals surface area contributed by atoms with Crippen molar-refractivity contribution in [3.63, 3.8) is 0 Å². The van der Waals surface area contributed by atoms with Gasteiger partial charge in [0.15, 0.2) is 0 Å². The van der Waals surface area contributed by atoms with Crippen LogP contribution in [-0.2, 0) is 10.1 Å². The topological polar surface area (TPSA) is 185 Å². The fourth-order valence-corrected chi connectivity index (χ4v) is 4.40. The molecule has 0 saturated heterocycles. The second-order valence-corrected chi connectivity index (χ2v) is 10.0. The number of nitrogens with two attached hydrogens (primary N) is 3. The number of nitrogen functional groups attached to an aromatic ring is 3. The Kier molecular flexibility index (Phi) is 8.62. The predicted molar refractivity (Wildman–Crippen MR) is 152 cm³/mol. The summed E-state index contributed by atoms with van der Waals surface area (Å²) in [5, 5.41) is 18.0. The van der Waals surface area contributed by atoms with E-state index in [1.54, 1.807) is 30.3 Å². The van der Waals surface area contributed by atoms with Gasteiger partial charge in [-0.3, -0.25) is 0 Å². The minimum atomic E-state index is -4.63. The first-order chi connectivity index (χ1) is 18.7. The van der Waals surface area contributed by atoms with Gasteiger partial charge in [-0.05, 0) is 77.9 Å². The molecular weight excluding hydrogens is 537 g/mol. The standard InChI is InChI=1S/C28H23N7O3S.Na/c29-19-5-13-28(26(31)15-19)35-33-21-8-3-18(4-9-21)17-1-6-20(7-2-17)32-34-27-14-12-25(30)23-11-10-22(16-24(23)27)39(36,37)38;/h1-16H,29-31H2,(H,36,37,38);/q;+1/p-1. The molecule has 0 unspecified atom stereocenters. The van der Waals surface area contributed by atoms with Crippen molar-refractivity contribution in [1.82, 2.24) is 0 Å². The average molecular weight is 560 g/mol. The van der Waals surface area contributed by atoms with Crippen LogP contribution in [0.4, 0.5) is 39.8 Å². The molecule has 5 aromatic rings. The summed E-state index contributed by atoms with van der Waals surface area (Å²) in [4.78, 5) is -0.358. The van der Waals surface area contributed by atoms with E-state index in [4.69, 9.17) is 17.2 Å². The molecule has 10 nitrogen and oxygen atoms in total. The van der Waals surface area contributed by atoms with E-state index in [0.29, 0.717) is 50.6 Å². The molecule has 194 valence electrons. The first-order valence-corrected chi connectivity index (χ1v) is 13.1. The van der Waals surface area contributed by atoms with Crippen molar-refractivity contribution >= 4 is 60.7 Å². The Labute approximate surface area is 252 Å². The Bertz CT molecular complexity index is 1860. The van der Waals surface area contributed by atoms with Crippen molar-refractivity contribution in [2.24, 2.45) is 20.5 Å². The number of nitrogens with zero attached hydrogens (tertiary/aromatic N) is 4. The number of fused-ring (bicyclic) bond motifs is 1. The van der Waals surface area contributed by atoms with Crippen LogP contribution < -0.4 is 46.8 Å². The summed E-state index contributed by atoms with van der Waals surface area (Å²) in [6, 6.07) is 27.3. The fraction of sp³-hybridized carbons (Fsp3) is 0. The molecule has 6 N–H and O–H groups in total. The van der Waals surface area contributed by atoms with E-state index in [9.17, 15) is 13.0 Å². The maximum atomic E-state index is 11.5. The van der Waals surface area contributed by atoms with Crippen molar-refractivity contribution in [3.8, 4) is 11.1 Å². The smallest absolute Gasteiger partial charge is 0.744 e. The Morgan fingerprint density at radius 2 is 1.10 bits per heavy atom. The first kappa shape index (κ1) is 28.9. The molecule has 0 saturated carbocycles. The van der Waals surface area contributed by atoms with Gasteiger partial charge in [0.1, 0.15) is 15.8 Å². The number of hydrogen-bond donors (Lipinski definition) is 3. The zero-order chi connectivity index (χ0) is 27.6. The number of benzene rings is 5. The maximum absolute atomic E-state index is 11.5. The summed E-state index contributed by atoms with van der Waals surface area (Å²) in [5.74, 6) is 0. The summed E-state index contributed by atoms with van der Waals surface area (Å²) in [6.45, 7) is 0. The molecule has 40 heavy (non-hydrogen) atoms. The molecule has 0 amide bonds. The molecule has 0 aliphatic heterocycles. The molecule has 0 aliphatic rings. The summed E-state index contributed by atoms with van der Waals surface area (Å²) in [6.07, 6.45) is 0. The van der Waals surface area contributed by atoms with Crippen molar-refractivity contribution < 1.29 is 42.5 Å². The number of anilines is 3. The minimum absolute atomic E-state index is 0. The van der Waals surface area contributed by atoms with Gasteiger partial charge < -0.3 is 21.8 Å². The van der Waals surface area contributed by atoms with Crippen molar-refractivity contribution in [1.29, 1.82) is 0 Å². The molecule has 0 heterocycles. The Balaban J connectivity index is 0.00000370. The molecule has 5 rings (SSSR count). The van der Waals surface area contributed by atoms with Gasteiger partial charge in [-0.1, -0.05) is 30.3 Å². The van der Waals surface area contributed by atoms with E-state index in [1.165, 1.54) is 18.2 Å². The Hall–Kier alpha value is -4.13. The molecule has 0 fully saturated rings. The van der Waals surface area contributed by atoms with Gasteiger partial charge in [-0.2, -0.15) is 10.2 Å². The molecule has 5 aromatic carbocycles. The second-order valence-electron chi connectivity index (χ2n) is 8.65. The first-order valence-electron chi connectivity index (χ1n) is 11.6. The van der Waals surface area contributed by atoms with Gasteiger partial charge in [0.2, 0.25) is 0 Å². The molecule has 12 heteroatoms. The van der Waals surface area contributed by atoms with Gasteiger partial charge in [0.05, 0.1) is 27.6 Å². The van der Waals surface area contributed by atoms with Gasteiger partial charge >= 0.3 is 29.6 Å². The molecule has 0 aromatic heterocycles. The third kappa shape index (κ3) is 6.53. The van der Waals surface area contributed by atoms with E-state index in [-0.39, 0.29) is 34.5 Å². The summed E-state index contributed by atoms with van der Waals surface area (Å²) < 4.78 is 34.4. The average Bonchev–Trinajstić information content (AvgIpc) is 2.92. The molecule has 0 radical (unpaired) electrons. The number of azo groups is 2. The van der Waals surface area contributed by atoms with E-state index in [1.807, 2.05) is 48.5 Å². The van der Waals surface area contributed by atoms with E-state index in [0.717, 1.165) is 11.1 Å². The van der Waals surface area contributed by atoms with Crippen LogP contribution in [0.5, 0.6) is 0 Å². The van der Waals surface area contributed by atoms with Crippen LogP contribution in [0.2, 0.25) is 0 Å². The largest absolute Gasteiger partial charge is 1.00 e. The normalized spacial score (nSPS) is 11.7. The molecule has 0 bridgehead atoms. The van der Waals surface area contributed by atoms with Crippen LogP contribution in [0, 0.1) is 0 Å². The molecule has 0 aliphatic carbocycles. The van der Waals surface area contributed by atoms with E-state index >= 15 is 0 Å². The van der Waals surface area contributed by atoms with Gasteiger partial charge in [-0.15, -0.1) is 10.2 Å². The second kappa shape index (κ2) is 11.9. The van der Waals surface area contributed by atoms with Gasteiger partial charge in [-0.25, -0.2) is 8.42 Å². The van der Waals surface area contributed by atoms with Crippen LogP contribution >= 0.6 is 0 Å². The molecule has 0 atom stereocenters. The van der Waals surface area contributed by atoms with Crippen LogP contribution in [0.3, 0.4) is 0 Å². The fourth-order valence-electron chi connectivity index (χ4n) is 3.91. The van der Waals surface area contributed by atoms with Crippen LogP contribution in [0.15, 0.2) is 122 Å². The van der Waals surface area contributed by atoms with Gasteiger partial charge in [0.25, 0.3) is 0 Å². The predicted octanol–water partition coefficient (Wildman–Crippen LogP) is 3.99. The van der Waals surface area contributed by atoms with Crippen molar-refractivity contribution in [2.75, 3.05) is 17.2 Å². The van der Waals surface area contributed by atoms with E-state index < -0.39 is 10.1 Å². The molecular formula is C28H22N7NaO3S. The Morgan fingerprint density at radius 1 is 0.550 bits per heavy atom. The van der Waals surface area contributed by atoms with Crippen molar-refractivity contribution in [2.45, 2.75) is 4.90 Å². The number of rotatable bonds is 6. The maximum Gasteiger partial charge on any atom is 1.00 e. The van der Waals surface area contributed by atoms with Crippen LogP contribution in [-0.4, -0.2) is 13.0 Å². The van der Waals surface area contributed by atoms with Crippen molar-refractivity contribution in [3.05, 3.63) is 97.1 Å². The monoisotopic (exact) mass is 559 g/mol. The van der Waals surface area contributed by atoms with Crippen LogP contribution in [0.25, 0.3) is 21.9 Å². The minimum Gasteiger partial charge on any atom is -0.744 e. The quantitative estimate of drug-likeness (QED) is 0.122. The zero-order valence-corrected chi connectivity index (χ0v) is 24.2. The SMILES string of the molecule is Nc1ccc(N=Nc2ccc(-c3ccc(N=Nc4ccc(N)c5ccc(S(=O)(=O)[O-])cc45)cc3)cc2)c(N)c1.[Na+]. The molecule has 0 spiro atoms. The third-order valence-corrected chi connectivity index (χ3v) is 6.78. The zero-order valence-electron chi connectivity index (χ0n) is 21.4. The number of hydrogen-bond acceptors (Lipinski definition) is 10. The van der Waals surface area contributed by atoms with Crippen LogP contribution in [0.1, 0.15) is 0 Å². The summed E-state index contributed by atoms with van der Waals surface area (Å²) in [7, 11) is -4.63. The van der Waals surface area contributed by atoms with E-state index in [2.05, 4.69) is 20.5 Å². The summed E-state index contributed by atoms with van der Waals surface area (Å²) in [5.41, 5.74) is 23.2. The summed E-state index contributed by atoms with van der Waals surface area (Å²) >= 11 is 0.